The number of carbonyl (C=O) groups is 2. The fourth-order valence-corrected chi connectivity index (χ4v) is 4.04. The van der Waals surface area contributed by atoms with Crippen molar-refractivity contribution >= 4 is 41.5 Å². The molecule has 0 bridgehead atoms. The third-order valence-corrected chi connectivity index (χ3v) is 6.14. The Hall–Kier alpha value is -4.15. The van der Waals surface area contributed by atoms with E-state index in [9.17, 15) is 9.59 Å². The molecule has 4 aromatic rings. The van der Waals surface area contributed by atoms with Crippen molar-refractivity contribution in [2.75, 3.05) is 12.9 Å². The number of nitrogens with zero attached hydrogens (tertiary/aromatic N) is 4. The molecule has 0 saturated carbocycles. The molecule has 1 heterocycles. The zero-order valence-electron chi connectivity index (χ0n) is 19.0. The molecule has 0 saturated heterocycles. The zero-order chi connectivity index (χ0) is 25.5. The van der Waals surface area contributed by atoms with E-state index in [-0.39, 0.29) is 17.2 Å². The summed E-state index contributed by atoms with van der Waals surface area (Å²) in [6.07, 6.45) is 1.44. The Bertz CT molecular complexity index is 1390. The Morgan fingerprint density at radius 1 is 1.06 bits per heavy atom. The van der Waals surface area contributed by atoms with Gasteiger partial charge in [0.05, 0.1) is 24.6 Å². The molecule has 0 aliphatic heterocycles. The van der Waals surface area contributed by atoms with Crippen LogP contribution in [0.3, 0.4) is 0 Å². The number of carboxylic acid groups (broad SMARTS) is 1. The molecule has 0 aliphatic carbocycles. The van der Waals surface area contributed by atoms with E-state index in [1.54, 1.807) is 31.4 Å². The van der Waals surface area contributed by atoms with Crippen LogP contribution in [0.15, 0.2) is 83.1 Å². The fourth-order valence-electron chi connectivity index (χ4n) is 3.17. The highest BCUT2D eigenvalue weighted by molar-refractivity contribution is 7.99. The third-order valence-electron chi connectivity index (χ3n) is 4.96. The van der Waals surface area contributed by atoms with Gasteiger partial charge in [-0.1, -0.05) is 35.5 Å². The Balaban J connectivity index is 1.48. The van der Waals surface area contributed by atoms with E-state index in [4.69, 9.17) is 21.4 Å². The first-order valence-corrected chi connectivity index (χ1v) is 11.9. The summed E-state index contributed by atoms with van der Waals surface area (Å²) >= 11 is 7.28. The van der Waals surface area contributed by atoms with Crippen LogP contribution in [0.2, 0.25) is 5.02 Å². The minimum absolute atomic E-state index is 0.0453. The Morgan fingerprint density at radius 2 is 1.75 bits per heavy atom. The summed E-state index contributed by atoms with van der Waals surface area (Å²) in [5.74, 6) is 0.0241. The van der Waals surface area contributed by atoms with Gasteiger partial charge in [-0.15, -0.1) is 10.2 Å². The normalized spacial score (nSPS) is 10.9. The summed E-state index contributed by atoms with van der Waals surface area (Å²) in [5.41, 5.74) is 4.91. The van der Waals surface area contributed by atoms with E-state index >= 15 is 0 Å². The van der Waals surface area contributed by atoms with Gasteiger partial charge in [-0.05, 0) is 66.2 Å². The Morgan fingerprint density at radius 3 is 2.39 bits per heavy atom. The molecule has 2 N–H and O–H groups in total. The molecule has 3 aromatic carbocycles. The lowest BCUT2D eigenvalue weighted by molar-refractivity contribution is -0.118. The van der Waals surface area contributed by atoms with Crippen LogP contribution in [-0.2, 0) is 4.79 Å². The van der Waals surface area contributed by atoms with Gasteiger partial charge in [-0.2, -0.15) is 5.10 Å². The van der Waals surface area contributed by atoms with Gasteiger partial charge < -0.3 is 9.84 Å². The number of hydrogen-bond acceptors (Lipinski definition) is 7. The maximum absolute atomic E-state index is 12.4. The number of benzene rings is 3. The van der Waals surface area contributed by atoms with Crippen molar-refractivity contribution < 1.29 is 19.4 Å². The highest BCUT2D eigenvalue weighted by Crippen LogP contribution is 2.29. The molecular weight excluding hydrogens is 502 g/mol. The maximum atomic E-state index is 12.4. The molecular formula is C25H20ClN5O4S. The van der Waals surface area contributed by atoms with Crippen LogP contribution in [-0.4, -0.2) is 50.8 Å². The number of carbonyl (C=O) groups excluding carboxylic acids is 1. The van der Waals surface area contributed by atoms with Crippen molar-refractivity contribution in [3.63, 3.8) is 0 Å². The van der Waals surface area contributed by atoms with Crippen LogP contribution in [0, 0.1) is 0 Å². The van der Waals surface area contributed by atoms with Crippen LogP contribution in [0.5, 0.6) is 5.75 Å². The predicted molar refractivity (Wildman–Crippen MR) is 138 cm³/mol. The fraction of sp³-hybridized carbons (Fsp3) is 0.0800. The quantitative estimate of drug-likeness (QED) is 0.188. The molecule has 0 unspecified atom stereocenters. The van der Waals surface area contributed by atoms with E-state index in [1.165, 1.54) is 30.1 Å². The number of amides is 1. The monoisotopic (exact) mass is 521 g/mol. The van der Waals surface area contributed by atoms with Gasteiger partial charge in [0.2, 0.25) is 0 Å². The van der Waals surface area contributed by atoms with Crippen LogP contribution in [0.1, 0.15) is 15.9 Å². The molecule has 36 heavy (non-hydrogen) atoms. The number of methoxy groups -OCH3 is 1. The average Bonchev–Trinajstić information content (AvgIpc) is 3.32. The van der Waals surface area contributed by atoms with E-state index in [0.717, 1.165) is 17.0 Å². The summed E-state index contributed by atoms with van der Waals surface area (Å²) in [6.45, 7) is 0. The van der Waals surface area contributed by atoms with Gasteiger partial charge in [0.15, 0.2) is 11.0 Å². The molecule has 0 aliphatic rings. The van der Waals surface area contributed by atoms with E-state index in [0.29, 0.717) is 21.6 Å². The van der Waals surface area contributed by atoms with Crippen LogP contribution in [0.25, 0.3) is 17.1 Å². The summed E-state index contributed by atoms with van der Waals surface area (Å²) < 4.78 is 7.09. The summed E-state index contributed by atoms with van der Waals surface area (Å²) in [7, 11) is 1.60. The standard InChI is InChI=1S/C25H20ClN5O4S/c1-35-21-12-6-17(7-13-21)23-29-30-25(31(23)20-10-8-19(26)9-11-20)36-15-22(32)28-27-14-16-2-4-18(5-3-16)24(33)34/h2-14H,15H2,1H3,(H,28,32)(H,33,34)/b27-14-. The maximum Gasteiger partial charge on any atom is 0.335 e. The van der Waals surface area contributed by atoms with Crippen LogP contribution >= 0.6 is 23.4 Å². The van der Waals surface area contributed by atoms with Crippen LogP contribution < -0.4 is 10.2 Å². The molecule has 0 radical (unpaired) electrons. The molecule has 0 fully saturated rings. The van der Waals surface area contributed by atoms with E-state index < -0.39 is 5.97 Å². The number of hydrazone groups is 1. The second-order valence-corrected chi connectivity index (χ2v) is 8.73. The van der Waals surface area contributed by atoms with Crippen molar-refractivity contribution in [1.82, 2.24) is 20.2 Å². The lowest BCUT2D eigenvalue weighted by atomic mass is 10.1. The number of thioether (sulfide) groups is 1. The van der Waals surface area contributed by atoms with Crippen LogP contribution in [0.4, 0.5) is 0 Å². The van der Waals surface area contributed by atoms with Gasteiger partial charge in [0.25, 0.3) is 5.91 Å². The summed E-state index contributed by atoms with van der Waals surface area (Å²) in [4.78, 5) is 23.3. The Labute approximate surface area is 215 Å². The Kier molecular flexibility index (Phi) is 7.99. The molecule has 9 nitrogen and oxygen atoms in total. The number of nitrogens with one attached hydrogen (secondary N) is 1. The molecule has 0 spiro atoms. The molecule has 182 valence electrons. The lowest BCUT2D eigenvalue weighted by Crippen LogP contribution is -2.20. The first-order valence-electron chi connectivity index (χ1n) is 10.6. The summed E-state index contributed by atoms with van der Waals surface area (Å²) in [5, 5.41) is 22.7. The van der Waals surface area contributed by atoms with Gasteiger partial charge in [-0.25, -0.2) is 10.2 Å². The highest BCUT2D eigenvalue weighted by atomic mass is 35.5. The third kappa shape index (κ3) is 6.09. The number of halogens is 1. The highest BCUT2D eigenvalue weighted by Gasteiger charge is 2.17. The SMILES string of the molecule is COc1ccc(-c2nnc(SCC(=O)N/N=C\c3ccc(C(=O)O)cc3)n2-c2ccc(Cl)cc2)cc1. The molecule has 11 heteroatoms. The average molecular weight is 522 g/mol. The summed E-state index contributed by atoms with van der Waals surface area (Å²) in [6, 6.07) is 20.8. The molecule has 0 atom stereocenters. The molecule has 4 rings (SSSR count). The number of rotatable bonds is 9. The predicted octanol–water partition coefficient (Wildman–Crippen LogP) is 4.54. The topological polar surface area (TPSA) is 119 Å². The second kappa shape index (κ2) is 11.5. The van der Waals surface area contributed by atoms with Gasteiger partial charge in [-0.3, -0.25) is 9.36 Å². The van der Waals surface area contributed by atoms with E-state index in [1.807, 2.05) is 41.0 Å². The number of carboxylic acids is 1. The number of hydrogen-bond donors (Lipinski definition) is 2. The molecule has 1 amide bonds. The van der Waals surface area contributed by atoms with Gasteiger partial charge in [0, 0.05) is 16.3 Å². The van der Waals surface area contributed by atoms with Crippen molar-refractivity contribution in [2.45, 2.75) is 5.16 Å². The molecule has 1 aromatic heterocycles. The van der Waals surface area contributed by atoms with Gasteiger partial charge in [0.1, 0.15) is 5.75 Å². The first kappa shape index (κ1) is 25.0. The lowest BCUT2D eigenvalue weighted by Gasteiger charge is -2.11. The smallest absolute Gasteiger partial charge is 0.335 e. The first-order chi connectivity index (χ1) is 17.4. The minimum Gasteiger partial charge on any atom is -0.497 e. The van der Waals surface area contributed by atoms with Crippen molar-refractivity contribution in [3.05, 3.63) is 88.9 Å². The van der Waals surface area contributed by atoms with Crippen molar-refractivity contribution in [3.8, 4) is 22.8 Å². The zero-order valence-corrected chi connectivity index (χ0v) is 20.5. The van der Waals surface area contributed by atoms with Crippen molar-refractivity contribution in [2.24, 2.45) is 5.10 Å². The van der Waals surface area contributed by atoms with Gasteiger partial charge >= 0.3 is 5.97 Å². The largest absolute Gasteiger partial charge is 0.497 e. The number of ether oxygens (including phenoxy) is 1. The second-order valence-electron chi connectivity index (χ2n) is 7.36. The minimum atomic E-state index is -1.01. The number of aromatic nitrogens is 3. The van der Waals surface area contributed by atoms with E-state index in [2.05, 4.69) is 20.7 Å². The number of aromatic carboxylic acids is 1. The van der Waals surface area contributed by atoms with Crippen molar-refractivity contribution in [1.29, 1.82) is 0 Å².